The molecule has 0 bridgehead atoms. The van der Waals surface area contributed by atoms with Gasteiger partial charge in [0, 0.05) is 34.8 Å². The molecule has 0 N–H and O–H groups in total. The summed E-state index contributed by atoms with van der Waals surface area (Å²) in [5.41, 5.74) is 8.71. The molecule has 3 nitrogen and oxygen atoms in total. The summed E-state index contributed by atoms with van der Waals surface area (Å²) in [5.74, 6) is 0.0183. The van der Waals surface area contributed by atoms with Crippen LogP contribution in [0.3, 0.4) is 0 Å². The second kappa shape index (κ2) is 11.0. The largest absolute Gasteiger partial charge is 0.257 e. The van der Waals surface area contributed by atoms with Crippen molar-refractivity contribution in [1.82, 2.24) is 4.98 Å². The van der Waals surface area contributed by atoms with E-state index in [2.05, 4.69) is 134 Å². The molecular weight excluding hydrogens is 462 g/mol. The highest BCUT2D eigenvalue weighted by molar-refractivity contribution is 6.07. The minimum Gasteiger partial charge on any atom is -0.257 e. The lowest BCUT2D eigenvalue weighted by Crippen LogP contribution is -2.23. The first-order valence-electron chi connectivity index (χ1n) is 13.6. The predicted molar refractivity (Wildman–Crippen MR) is 165 cm³/mol. The van der Waals surface area contributed by atoms with E-state index in [9.17, 15) is 0 Å². The van der Waals surface area contributed by atoms with Gasteiger partial charge < -0.3 is 0 Å². The molecule has 196 valence electrons. The zero-order valence-corrected chi connectivity index (χ0v) is 24.2. The van der Waals surface area contributed by atoms with E-state index in [0.29, 0.717) is 0 Å². The fourth-order valence-corrected chi connectivity index (χ4v) is 4.98. The van der Waals surface area contributed by atoms with Crippen LogP contribution in [0, 0.1) is 5.92 Å². The van der Waals surface area contributed by atoms with E-state index < -0.39 is 0 Å². The molecule has 3 aromatic carbocycles. The lowest BCUT2D eigenvalue weighted by Gasteiger charge is -2.24. The number of pyridine rings is 1. The van der Waals surface area contributed by atoms with Crippen molar-refractivity contribution in [2.24, 2.45) is 15.9 Å². The highest BCUT2D eigenvalue weighted by Crippen LogP contribution is 2.34. The topological polar surface area (TPSA) is 37.6 Å². The van der Waals surface area contributed by atoms with Crippen LogP contribution >= 0.6 is 0 Å². The normalized spacial score (nSPS) is 14.1. The maximum absolute atomic E-state index is 5.23. The number of para-hydroxylation sites is 3. The Bertz CT molecular complexity index is 1410. The van der Waals surface area contributed by atoms with Gasteiger partial charge in [-0.05, 0) is 60.1 Å². The van der Waals surface area contributed by atoms with E-state index in [0.717, 1.165) is 45.8 Å². The van der Waals surface area contributed by atoms with Crippen LogP contribution in [-0.2, 0) is 17.3 Å². The molecule has 0 aliphatic rings. The molecule has 4 aromatic rings. The van der Waals surface area contributed by atoms with Crippen LogP contribution in [0.2, 0.25) is 0 Å². The summed E-state index contributed by atoms with van der Waals surface area (Å²) in [7, 11) is 0. The van der Waals surface area contributed by atoms with Crippen LogP contribution in [-0.4, -0.2) is 16.4 Å². The van der Waals surface area contributed by atoms with Crippen LogP contribution in [0.25, 0.3) is 10.9 Å². The van der Waals surface area contributed by atoms with Gasteiger partial charge in [-0.2, -0.15) is 0 Å². The maximum atomic E-state index is 5.23. The SMILES string of the molecule is C/C(=N\c1ccccc1C(C)(C)C)C(Cc1ccc2ccccc2n1)/C(C)=N/c1ccccc1C(C)(C)C. The van der Waals surface area contributed by atoms with E-state index in [1.165, 1.54) is 11.1 Å². The van der Waals surface area contributed by atoms with Gasteiger partial charge in [0.05, 0.1) is 16.9 Å². The van der Waals surface area contributed by atoms with E-state index in [4.69, 9.17) is 15.0 Å². The van der Waals surface area contributed by atoms with E-state index in [1.54, 1.807) is 0 Å². The summed E-state index contributed by atoms with van der Waals surface area (Å²) in [5, 5.41) is 1.15. The Hall–Kier alpha value is -3.59. The zero-order chi connectivity index (χ0) is 27.5. The number of hydrogen-bond donors (Lipinski definition) is 0. The summed E-state index contributed by atoms with van der Waals surface area (Å²) in [6.07, 6.45) is 0.741. The van der Waals surface area contributed by atoms with Crippen molar-refractivity contribution >= 4 is 33.7 Å². The van der Waals surface area contributed by atoms with Gasteiger partial charge in [0.2, 0.25) is 0 Å². The number of rotatable bonds is 6. The van der Waals surface area contributed by atoms with E-state index in [-0.39, 0.29) is 16.7 Å². The lowest BCUT2D eigenvalue weighted by molar-refractivity contribution is 0.591. The van der Waals surface area contributed by atoms with Crippen molar-refractivity contribution in [3.8, 4) is 0 Å². The molecule has 1 aromatic heterocycles. The molecule has 0 aliphatic heterocycles. The fourth-order valence-electron chi connectivity index (χ4n) is 4.98. The Morgan fingerprint density at radius 1 is 0.632 bits per heavy atom. The minimum absolute atomic E-state index is 0.00452. The number of nitrogens with zero attached hydrogens (tertiary/aromatic N) is 3. The zero-order valence-electron chi connectivity index (χ0n) is 24.2. The highest BCUT2D eigenvalue weighted by atomic mass is 14.8. The Balaban J connectivity index is 1.81. The molecule has 0 aliphatic carbocycles. The first-order valence-corrected chi connectivity index (χ1v) is 13.6. The average Bonchev–Trinajstić information content (AvgIpc) is 2.86. The van der Waals surface area contributed by atoms with E-state index in [1.807, 2.05) is 6.07 Å². The minimum atomic E-state index is 0.00452. The molecule has 0 atom stereocenters. The molecule has 0 fully saturated rings. The lowest BCUT2D eigenvalue weighted by atomic mass is 9.85. The molecule has 0 saturated heterocycles. The maximum Gasteiger partial charge on any atom is 0.0705 e. The van der Waals surface area contributed by atoms with Crippen molar-refractivity contribution in [1.29, 1.82) is 0 Å². The van der Waals surface area contributed by atoms with Crippen LogP contribution in [0.1, 0.15) is 72.2 Å². The second-order valence-electron chi connectivity index (χ2n) is 12.3. The number of aliphatic imine (C=N–C) groups is 2. The molecule has 0 spiro atoms. The molecule has 0 radical (unpaired) electrons. The Morgan fingerprint density at radius 3 is 1.63 bits per heavy atom. The van der Waals surface area contributed by atoms with Gasteiger partial charge in [-0.3, -0.25) is 15.0 Å². The Labute approximate surface area is 228 Å². The number of aromatic nitrogens is 1. The number of benzene rings is 3. The molecule has 4 rings (SSSR count). The third-order valence-electron chi connectivity index (χ3n) is 7.10. The van der Waals surface area contributed by atoms with Gasteiger partial charge in [-0.25, -0.2) is 0 Å². The molecular formula is C35H41N3. The van der Waals surface area contributed by atoms with Crippen molar-refractivity contribution in [3.63, 3.8) is 0 Å². The van der Waals surface area contributed by atoms with Crippen LogP contribution in [0.5, 0.6) is 0 Å². The first kappa shape index (κ1) is 27.4. The number of fused-ring (bicyclic) bond motifs is 1. The standard InChI is InChI=1S/C35H41N3/c1-24(36-32-19-13-10-16-29(32)34(3,4)5)28(23-27-22-21-26-15-9-12-18-31(26)38-27)25(2)37-33-20-14-11-17-30(33)35(6,7)8/h9-22,28H,23H2,1-8H3/b36-24+,37-25+. The Kier molecular flexibility index (Phi) is 7.97. The van der Waals surface area contributed by atoms with Gasteiger partial charge in [0.15, 0.2) is 0 Å². The van der Waals surface area contributed by atoms with Gasteiger partial charge in [-0.15, -0.1) is 0 Å². The summed E-state index contributed by atoms with van der Waals surface area (Å²) in [4.78, 5) is 15.4. The summed E-state index contributed by atoms with van der Waals surface area (Å²) < 4.78 is 0. The number of hydrogen-bond acceptors (Lipinski definition) is 3. The fraction of sp³-hybridized carbons (Fsp3) is 0.343. The Morgan fingerprint density at radius 2 is 1.11 bits per heavy atom. The quantitative estimate of drug-likeness (QED) is 0.241. The monoisotopic (exact) mass is 503 g/mol. The van der Waals surface area contributed by atoms with Crippen LogP contribution in [0.4, 0.5) is 11.4 Å². The van der Waals surface area contributed by atoms with Gasteiger partial charge in [0.1, 0.15) is 0 Å². The summed E-state index contributed by atoms with van der Waals surface area (Å²) >= 11 is 0. The van der Waals surface area contributed by atoms with Crippen molar-refractivity contribution in [3.05, 3.63) is 102 Å². The van der Waals surface area contributed by atoms with Crippen molar-refractivity contribution in [2.45, 2.75) is 72.6 Å². The van der Waals surface area contributed by atoms with Gasteiger partial charge >= 0.3 is 0 Å². The van der Waals surface area contributed by atoms with Crippen molar-refractivity contribution < 1.29 is 0 Å². The molecule has 0 saturated carbocycles. The van der Waals surface area contributed by atoms with Crippen LogP contribution in [0.15, 0.2) is 94.9 Å². The molecule has 0 amide bonds. The predicted octanol–water partition coefficient (Wildman–Crippen LogP) is 9.57. The van der Waals surface area contributed by atoms with Crippen molar-refractivity contribution in [2.75, 3.05) is 0 Å². The summed E-state index contributed by atoms with van der Waals surface area (Å²) in [6.45, 7) is 17.7. The molecule has 38 heavy (non-hydrogen) atoms. The molecule has 0 unspecified atom stereocenters. The second-order valence-corrected chi connectivity index (χ2v) is 12.3. The third-order valence-corrected chi connectivity index (χ3v) is 7.10. The van der Waals surface area contributed by atoms with Gasteiger partial charge in [0.25, 0.3) is 0 Å². The average molecular weight is 504 g/mol. The third kappa shape index (κ3) is 6.45. The summed E-state index contributed by atoms with van der Waals surface area (Å²) in [6, 6.07) is 29.5. The van der Waals surface area contributed by atoms with Crippen LogP contribution < -0.4 is 0 Å². The molecule has 3 heteroatoms. The first-order chi connectivity index (χ1) is 17.9. The van der Waals surface area contributed by atoms with E-state index >= 15 is 0 Å². The smallest absolute Gasteiger partial charge is 0.0705 e. The van der Waals surface area contributed by atoms with Gasteiger partial charge in [-0.1, -0.05) is 102 Å². The molecule has 1 heterocycles. The highest BCUT2D eigenvalue weighted by Gasteiger charge is 2.23.